The van der Waals surface area contributed by atoms with E-state index in [-0.39, 0.29) is 22.9 Å². The van der Waals surface area contributed by atoms with Crippen LogP contribution in [0.5, 0.6) is 11.5 Å². The summed E-state index contributed by atoms with van der Waals surface area (Å²) in [6, 6.07) is 15.8. The summed E-state index contributed by atoms with van der Waals surface area (Å²) in [5.41, 5.74) is 3.12. The van der Waals surface area contributed by atoms with Gasteiger partial charge in [0.05, 0.1) is 7.11 Å². The minimum Gasteiger partial charge on any atom is -0.493 e. The van der Waals surface area contributed by atoms with Crippen LogP contribution in [0.3, 0.4) is 0 Å². The minimum absolute atomic E-state index is 0.0652. The zero-order valence-corrected chi connectivity index (χ0v) is 24.3. The van der Waals surface area contributed by atoms with Gasteiger partial charge >= 0.3 is 0 Å². The van der Waals surface area contributed by atoms with Gasteiger partial charge in [-0.25, -0.2) is 0 Å². The Morgan fingerprint density at radius 3 is 2.60 bits per heavy atom. The number of ether oxygens (including phenoxy) is 4. The SMILES string of the molecule is C=CC[C@](OC)(c1ccccc1)C1C[C@@]23CC[C@]1(OC)[C@@H]1Oc4c(OC)ccc5c4[C@@]12CCN(CC1CC1)[C@@H]3C5. The Morgan fingerprint density at radius 1 is 1.07 bits per heavy atom. The Morgan fingerprint density at radius 2 is 1.90 bits per heavy atom. The van der Waals surface area contributed by atoms with E-state index in [1.54, 1.807) is 7.11 Å². The van der Waals surface area contributed by atoms with Crippen molar-refractivity contribution in [2.45, 2.75) is 80.1 Å². The number of hydrogen-bond donors (Lipinski definition) is 0. The van der Waals surface area contributed by atoms with Crippen molar-refractivity contribution in [1.29, 1.82) is 0 Å². The first-order chi connectivity index (χ1) is 19.5. The summed E-state index contributed by atoms with van der Waals surface area (Å²) in [6.45, 7) is 6.61. The number of piperidine rings is 1. The molecule has 5 nitrogen and oxygen atoms in total. The molecule has 2 aliphatic heterocycles. The van der Waals surface area contributed by atoms with Gasteiger partial charge in [0, 0.05) is 49.1 Å². The van der Waals surface area contributed by atoms with E-state index in [0.29, 0.717) is 6.04 Å². The van der Waals surface area contributed by atoms with E-state index in [1.807, 2.05) is 20.3 Å². The Balaban J connectivity index is 1.38. The van der Waals surface area contributed by atoms with E-state index in [9.17, 15) is 0 Å². The molecule has 7 atom stereocenters. The molecule has 1 unspecified atom stereocenters. The van der Waals surface area contributed by atoms with Gasteiger partial charge in [-0.1, -0.05) is 42.5 Å². The lowest BCUT2D eigenvalue weighted by Gasteiger charge is -2.75. The summed E-state index contributed by atoms with van der Waals surface area (Å²) in [6.07, 6.45) is 10.9. The molecule has 0 N–H and O–H groups in total. The Hall–Kier alpha value is -2.34. The van der Waals surface area contributed by atoms with Crippen molar-refractivity contribution < 1.29 is 18.9 Å². The van der Waals surface area contributed by atoms with Crippen LogP contribution in [0.15, 0.2) is 55.1 Å². The second-order valence-electron chi connectivity index (χ2n) is 13.5. The molecule has 2 aromatic carbocycles. The van der Waals surface area contributed by atoms with Crippen LogP contribution in [0.25, 0.3) is 0 Å². The molecule has 40 heavy (non-hydrogen) atoms. The van der Waals surface area contributed by atoms with Crippen LogP contribution in [0.4, 0.5) is 0 Å². The highest BCUT2D eigenvalue weighted by atomic mass is 16.6. The van der Waals surface area contributed by atoms with Crippen LogP contribution in [0.1, 0.15) is 61.6 Å². The van der Waals surface area contributed by atoms with Crippen LogP contribution >= 0.6 is 0 Å². The first-order valence-corrected chi connectivity index (χ1v) is 15.4. The van der Waals surface area contributed by atoms with Crippen molar-refractivity contribution in [2.75, 3.05) is 34.4 Å². The van der Waals surface area contributed by atoms with Crippen LogP contribution in [-0.4, -0.2) is 57.1 Å². The molecule has 0 radical (unpaired) electrons. The fourth-order valence-electron chi connectivity index (χ4n) is 10.8. The predicted octanol–water partition coefficient (Wildman–Crippen LogP) is 6.04. The molecule has 1 saturated heterocycles. The number of nitrogens with zero attached hydrogens (tertiary/aromatic N) is 1. The lowest BCUT2D eigenvalue weighted by Crippen LogP contribution is -2.82. The molecular weight excluding hydrogens is 498 g/mol. The molecule has 5 aliphatic carbocycles. The highest BCUT2D eigenvalue weighted by Crippen LogP contribution is 2.78. The van der Waals surface area contributed by atoms with Gasteiger partial charge in [-0.2, -0.15) is 0 Å². The van der Waals surface area contributed by atoms with Crippen molar-refractivity contribution in [3.8, 4) is 11.5 Å². The van der Waals surface area contributed by atoms with Gasteiger partial charge in [0.15, 0.2) is 11.5 Å². The Bertz CT molecular complexity index is 1340. The van der Waals surface area contributed by atoms with Gasteiger partial charge in [-0.15, -0.1) is 6.58 Å². The maximum atomic E-state index is 7.29. The van der Waals surface area contributed by atoms with E-state index in [4.69, 9.17) is 18.9 Å². The molecule has 0 aromatic heterocycles. The van der Waals surface area contributed by atoms with E-state index >= 15 is 0 Å². The summed E-state index contributed by atoms with van der Waals surface area (Å²) in [5.74, 6) is 2.84. The second-order valence-corrected chi connectivity index (χ2v) is 13.5. The topological polar surface area (TPSA) is 40.2 Å². The van der Waals surface area contributed by atoms with Crippen molar-refractivity contribution in [3.63, 3.8) is 0 Å². The van der Waals surface area contributed by atoms with Crippen LogP contribution in [-0.2, 0) is 26.9 Å². The summed E-state index contributed by atoms with van der Waals surface area (Å²) in [4.78, 5) is 2.90. The summed E-state index contributed by atoms with van der Waals surface area (Å²) in [7, 11) is 5.59. The van der Waals surface area contributed by atoms with Gasteiger partial charge in [0.1, 0.15) is 17.3 Å². The highest BCUT2D eigenvalue weighted by Gasteiger charge is 2.82. The molecular formula is C35H43NO4. The zero-order chi connectivity index (χ0) is 27.3. The molecule has 212 valence electrons. The van der Waals surface area contributed by atoms with Crippen LogP contribution in [0, 0.1) is 17.3 Å². The molecule has 0 amide bonds. The molecule has 5 fully saturated rings. The van der Waals surface area contributed by atoms with Gasteiger partial charge in [0.25, 0.3) is 0 Å². The van der Waals surface area contributed by atoms with Gasteiger partial charge in [0.2, 0.25) is 0 Å². The first-order valence-electron chi connectivity index (χ1n) is 15.4. The smallest absolute Gasteiger partial charge is 0.165 e. The molecule has 7 aliphatic rings. The third-order valence-corrected chi connectivity index (χ3v) is 12.5. The van der Waals surface area contributed by atoms with Crippen molar-refractivity contribution in [2.24, 2.45) is 17.3 Å². The lowest BCUT2D eigenvalue weighted by atomic mass is 9.33. The minimum atomic E-state index is -0.549. The van der Waals surface area contributed by atoms with Crippen molar-refractivity contribution in [3.05, 3.63) is 71.8 Å². The van der Waals surface area contributed by atoms with Crippen molar-refractivity contribution >= 4 is 0 Å². The van der Waals surface area contributed by atoms with Crippen molar-refractivity contribution in [1.82, 2.24) is 4.90 Å². The third-order valence-electron chi connectivity index (χ3n) is 12.5. The Kier molecular flexibility index (Phi) is 5.45. The predicted molar refractivity (Wildman–Crippen MR) is 155 cm³/mol. The summed E-state index contributed by atoms with van der Waals surface area (Å²) in [5, 5.41) is 0. The molecule has 5 heteroatoms. The zero-order valence-electron chi connectivity index (χ0n) is 24.3. The normalized spacial score (nSPS) is 38.3. The average molecular weight is 542 g/mol. The van der Waals surface area contributed by atoms with E-state index in [2.05, 4.69) is 53.9 Å². The van der Waals surface area contributed by atoms with Gasteiger partial charge < -0.3 is 18.9 Å². The quantitative estimate of drug-likeness (QED) is 0.362. The van der Waals surface area contributed by atoms with Crippen LogP contribution in [0.2, 0.25) is 0 Å². The number of methoxy groups -OCH3 is 3. The number of hydrogen-bond acceptors (Lipinski definition) is 5. The maximum Gasteiger partial charge on any atom is 0.165 e. The highest BCUT2D eigenvalue weighted by molar-refractivity contribution is 5.64. The first kappa shape index (κ1) is 25.4. The fourth-order valence-corrected chi connectivity index (χ4v) is 10.8. The van der Waals surface area contributed by atoms with E-state index < -0.39 is 11.2 Å². The summed E-state index contributed by atoms with van der Waals surface area (Å²) >= 11 is 0. The maximum absolute atomic E-state index is 7.29. The summed E-state index contributed by atoms with van der Waals surface area (Å²) < 4.78 is 26.9. The second kappa shape index (κ2) is 8.59. The standard InChI is InChI=1S/C35H43NO4/c1-5-15-34(38-3,25-9-7-6-8-10-25)27-21-32-16-17-35(27,39-4)31-33(32)18-19-36(22-23-11-12-23)28(32)20-24-13-14-26(37-2)30(40-31)29(24)33/h5-10,13-14,23,27-28,31H,1,11-12,15-22H2,2-4H3/t27?,28-,31-,32-,33+,34+,35-/m1/s1. The molecule has 2 aromatic rings. The van der Waals surface area contributed by atoms with E-state index in [0.717, 1.165) is 56.1 Å². The molecule has 4 saturated carbocycles. The fraction of sp³-hybridized carbons (Fsp3) is 0.600. The Labute approximate surface area is 238 Å². The lowest BCUT2D eigenvalue weighted by molar-refractivity contribution is -0.309. The number of benzene rings is 2. The monoisotopic (exact) mass is 541 g/mol. The number of likely N-dealkylation sites (tertiary alicyclic amines) is 1. The van der Waals surface area contributed by atoms with Gasteiger partial charge in [-0.3, -0.25) is 4.90 Å². The largest absolute Gasteiger partial charge is 0.493 e. The number of rotatable bonds is 9. The number of fused-ring (bicyclic) bond motifs is 2. The van der Waals surface area contributed by atoms with Gasteiger partial charge in [-0.05, 0) is 81.0 Å². The average Bonchev–Trinajstić information content (AvgIpc) is 3.74. The molecule has 9 rings (SSSR count). The molecule has 2 spiro atoms. The molecule has 4 bridgehead atoms. The third kappa shape index (κ3) is 2.85. The van der Waals surface area contributed by atoms with Crippen LogP contribution < -0.4 is 9.47 Å². The van der Waals surface area contributed by atoms with E-state index in [1.165, 1.54) is 42.5 Å². The molecule has 2 heterocycles.